The molecule has 0 saturated carbocycles. The number of ether oxygens (including phenoxy) is 1. The Kier molecular flexibility index (Phi) is 7.49. The van der Waals surface area contributed by atoms with Crippen molar-refractivity contribution in [2.75, 3.05) is 43.1 Å². The number of anilines is 2. The second-order valence-corrected chi connectivity index (χ2v) is 7.48. The maximum absolute atomic E-state index is 12.0. The molecule has 0 bridgehead atoms. The Bertz CT molecular complexity index is 849. The van der Waals surface area contributed by atoms with E-state index in [2.05, 4.69) is 39.8 Å². The largest absolute Gasteiger partial charge is 0.378 e. The molecule has 3 rings (SSSR count). The lowest BCUT2D eigenvalue weighted by Gasteiger charge is -2.28. The van der Waals surface area contributed by atoms with Gasteiger partial charge in [-0.1, -0.05) is 29.8 Å². The lowest BCUT2D eigenvalue weighted by Crippen LogP contribution is -2.36. The molecule has 1 fully saturated rings. The number of hydrogen-bond donors (Lipinski definition) is 2. The number of aryl methyl sites for hydroxylation is 2. The number of nitrogens with one attached hydrogen (secondary N) is 2. The zero-order valence-electron chi connectivity index (χ0n) is 16.5. The molecule has 0 atom stereocenters. The van der Waals surface area contributed by atoms with Crippen LogP contribution in [0.4, 0.5) is 11.4 Å². The van der Waals surface area contributed by atoms with Gasteiger partial charge in [0, 0.05) is 36.0 Å². The molecule has 1 aliphatic heterocycles. The van der Waals surface area contributed by atoms with Crippen LogP contribution in [0, 0.1) is 6.92 Å². The van der Waals surface area contributed by atoms with E-state index >= 15 is 0 Å². The van der Waals surface area contributed by atoms with Gasteiger partial charge in [0.1, 0.15) is 0 Å². The van der Waals surface area contributed by atoms with E-state index in [9.17, 15) is 9.59 Å². The summed E-state index contributed by atoms with van der Waals surface area (Å²) in [6.07, 6.45) is 1.59. The smallest absolute Gasteiger partial charge is 0.313 e. The molecule has 0 spiro atoms. The van der Waals surface area contributed by atoms with Crippen molar-refractivity contribution in [2.24, 2.45) is 0 Å². The van der Waals surface area contributed by atoms with E-state index in [0.717, 1.165) is 44.7 Å². The van der Waals surface area contributed by atoms with Gasteiger partial charge in [-0.05, 0) is 55.2 Å². The summed E-state index contributed by atoms with van der Waals surface area (Å²) in [5, 5.41) is 5.77. The second-order valence-electron chi connectivity index (χ2n) is 7.04. The minimum Gasteiger partial charge on any atom is -0.378 e. The van der Waals surface area contributed by atoms with Crippen molar-refractivity contribution in [1.82, 2.24) is 5.32 Å². The molecule has 6 nitrogen and oxygen atoms in total. The van der Waals surface area contributed by atoms with E-state index in [4.69, 9.17) is 16.3 Å². The Morgan fingerprint density at radius 2 is 1.79 bits per heavy atom. The number of carbonyl (C=O) groups is 2. The summed E-state index contributed by atoms with van der Waals surface area (Å²) in [7, 11) is 0. The molecule has 0 radical (unpaired) electrons. The maximum atomic E-state index is 12.0. The molecule has 2 aromatic carbocycles. The summed E-state index contributed by atoms with van der Waals surface area (Å²) in [4.78, 5) is 26.4. The molecule has 0 unspecified atom stereocenters. The number of amides is 2. The van der Waals surface area contributed by atoms with E-state index < -0.39 is 11.8 Å². The normalized spacial score (nSPS) is 13.8. The molecular weight excluding hydrogens is 390 g/mol. The Hall–Kier alpha value is -2.57. The molecule has 2 aromatic rings. The van der Waals surface area contributed by atoms with E-state index in [1.807, 2.05) is 6.92 Å². The highest BCUT2D eigenvalue weighted by Crippen LogP contribution is 2.20. The highest BCUT2D eigenvalue weighted by molar-refractivity contribution is 6.40. The Labute approximate surface area is 176 Å². The van der Waals surface area contributed by atoms with Gasteiger partial charge in [-0.3, -0.25) is 9.59 Å². The predicted molar refractivity (Wildman–Crippen MR) is 116 cm³/mol. The maximum Gasteiger partial charge on any atom is 0.313 e. The third kappa shape index (κ3) is 6.21. The fourth-order valence-corrected chi connectivity index (χ4v) is 3.35. The first-order valence-corrected chi connectivity index (χ1v) is 10.2. The average Bonchev–Trinajstić information content (AvgIpc) is 2.74. The topological polar surface area (TPSA) is 70.7 Å². The second kappa shape index (κ2) is 10.3. The van der Waals surface area contributed by atoms with E-state index in [0.29, 0.717) is 17.3 Å². The standard InChI is InChI=1S/C22H26ClN3O3/c1-16-4-7-18(23)15-20(16)25-22(28)21(27)24-10-2-3-17-5-8-19(9-6-17)26-11-13-29-14-12-26/h4-9,15H,2-3,10-14H2,1H3,(H,24,27)(H,25,28). The Balaban J connectivity index is 1.39. The molecular formula is C22H26ClN3O3. The summed E-state index contributed by atoms with van der Waals surface area (Å²) in [5.74, 6) is -1.34. The number of halogens is 1. The molecule has 2 amide bonds. The summed E-state index contributed by atoms with van der Waals surface area (Å²) in [6.45, 7) is 5.66. The number of nitrogens with zero attached hydrogens (tertiary/aromatic N) is 1. The van der Waals surface area contributed by atoms with Crippen LogP contribution in [0.2, 0.25) is 5.02 Å². The minimum atomic E-state index is -0.690. The highest BCUT2D eigenvalue weighted by Gasteiger charge is 2.14. The highest BCUT2D eigenvalue weighted by atomic mass is 35.5. The molecule has 7 heteroatoms. The van der Waals surface area contributed by atoms with Gasteiger partial charge in [-0.2, -0.15) is 0 Å². The van der Waals surface area contributed by atoms with Gasteiger partial charge in [0.15, 0.2) is 0 Å². The molecule has 0 aromatic heterocycles. The monoisotopic (exact) mass is 415 g/mol. The molecule has 1 saturated heterocycles. The molecule has 29 heavy (non-hydrogen) atoms. The van der Waals surface area contributed by atoms with Crippen LogP contribution in [0.25, 0.3) is 0 Å². The van der Waals surface area contributed by atoms with Crippen molar-refractivity contribution in [3.05, 3.63) is 58.6 Å². The van der Waals surface area contributed by atoms with E-state index in [1.165, 1.54) is 11.3 Å². The molecule has 0 aliphatic carbocycles. The summed E-state index contributed by atoms with van der Waals surface area (Å²) in [5.41, 5.74) is 3.79. The molecule has 2 N–H and O–H groups in total. The number of morpholine rings is 1. The molecule has 154 valence electrons. The zero-order chi connectivity index (χ0) is 20.6. The van der Waals surface area contributed by atoms with Crippen LogP contribution in [-0.2, 0) is 20.7 Å². The zero-order valence-corrected chi connectivity index (χ0v) is 17.3. The lowest BCUT2D eigenvalue weighted by atomic mass is 10.1. The summed E-state index contributed by atoms with van der Waals surface area (Å²) in [6, 6.07) is 13.6. The summed E-state index contributed by atoms with van der Waals surface area (Å²) < 4.78 is 5.38. The van der Waals surface area contributed by atoms with Crippen molar-refractivity contribution < 1.29 is 14.3 Å². The van der Waals surface area contributed by atoms with Crippen LogP contribution >= 0.6 is 11.6 Å². The van der Waals surface area contributed by atoms with Crippen LogP contribution in [0.1, 0.15) is 17.5 Å². The lowest BCUT2D eigenvalue weighted by molar-refractivity contribution is -0.136. The van der Waals surface area contributed by atoms with Gasteiger partial charge >= 0.3 is 11.8 Å². The number of carbonyl (C=O) groups excluding carboxylic acids is 2. The van der Waals surface area contributed by atoms with Crippen molar-refractivity contribution >= 4 is 34.8 Å². The van der Waals surface area contributed by atoms with Crippen LogP contribution in [0.3, 0.4) is 0 Å². The third-order valence-corrected chi connectivity index (χ3v) is 5.13. The minimum absolute atomic E-state index is 0.437. The first-order chi connectivity index (χ1) is 14.0. The molecule has 1 aliphatic rings. The number of hydrogen-bond acceptors (Lipinski definition) is 4. The third-order valence-electron chi connectivity index (χ3n) is 4.89. The van der Waals surface area contributed by atoms with Crippen LogP contribution in [-0.4, -0.2) is 44.7 Å². The number of rotatable bonds is 6. The molecule has 1 heterocycles. The van der Waals surface area contributed by atoms with Crippen LogP contribution in [0.15, 0.2) is 42.5 Å². The van der Waals surface area contributed by atoms with Gasteiger partial charge in [0.2, 0.25) is 0 Å². The predicted octanol–water partition coefficient (Wildman–Crippen LogP) is 3.17. The average molecular weight is 416 g/mol. The fraction of sp³-hybridized carbons (Fsp3) is 0.364. The Morgan fingerprint density at radius 1 is 1.07 bits per heavy atom. The quantitative estimate of drug-likeness (QED) is 0.561. The summed E-state index contributed by atoms with van der Waals surface area (Å²) >= 11 is 5.93. The van der Waals surface area contributed by atoms with Crippen LogP contribution in [0.5, 0.6) is 0 Å². The van der Waals surface area contributed by atoms with E-state index in [-0.39, 0.29) is 0 Å². The van der Waals surface area contributed by atoms with Gasteiger partial charge in [-0.15, -0.1) is 0 Å². The first kappa shape index (κ1) is 21.1. The van der Waals surface area contributed by atoms with Crippen molar-refractivity contribution in [1.29, 1.82) is 0 Å². The first-order valence-electron chi connectivity index (χ1n) is 9.80. The van der Waals surface area contributed by atoms with Gasteiger partial charge in [0.25, 0.3) is 0 Å². The van der Waals surface area contributed by atoms with Crippen molar-refractivity contribution in [3.8, 4) is 0 Å². The van der Waals surface area contributed by atoms with Gasteiger partial charge in [-0.25, -0.2) is 0 Å². The number of benzene rings is 2. The van der Waals surface area contributed by atoms with Crippen molar-refractivity contribution in [2.45, 2.75) is 19.8 Å². The van der Waals surface area contributed by atoms with E-state index in [1.54, 1.807) is 18.2 Å². The van der Waals surface area contributed by atoms with Crippen LogP contribution < -0.4 is 15.5 Å². The Morgan fingerprint density at radius 3 is 2.52 bits per heavy atom. The van der Waals surface area contributed by atoms with Crippen molar-refractivity contribution in [3.63, 3.8) is 0 Å². The SMILES string of the molecule is Cc1ccc(Cl)cc1NC(=O)C(=O)NCCCc1ccc(N2CCOCC2)cc1. The van der Waals surface area contributed by atoms with Gasteiger partial charge < -0.3 is 20.3 Å². The fourth-order valence-electron chi connectivity index (χ4n) is 3.18. The van der Waals surface area contributed by atoms with Gasteiger partial charge in [0.05, 0.1) is 13.2 Å².